The van der Waals surface area contributed by atoms with Crippen molar-refractivity contribution in [2.75, 3.05) is 0 Å². The Morgan fingerprint density at radius 2 is 1.00 bits per heavy atom. The summed E-state index contributed by atoms with van der Waals surface area (Å²) in [6.45, 7) is 2.28. The molecule has 0 fully saturated rings. The molecular formula is C16H31OSn. The molecule has 0 amide bonds. The summed E-state index contributed by atoms with van der Waals surface area (Å²) in [5.41, 5.74) is 0. The molecule has 1 nitrogen and oxygen atoms in total. The Morgan fingerprint density at radius 3 is 1.33 bits per heavy atom. The van der Waals surface area contributed by atoms with E-state index in [2.05, 4.69) is 6.92 Å². The number of unbranched alkanes of at least 4 members (excludes halogenated alkanes) is 12. The molecular weight excluding hydrogens is 327 g/mol. The number of hydrogen-bond donors (Lipinski definition) is 0. The van der Waals surface area contributed by atoms with Crippen LogP contribution in [0.2, 0.25) is 0 Å². The van der Waals surface area contributed by atoms with Gasteiger partial charge in [0, 0.05) is 0 Å². The first kappa shape index (κ1) is 18.5. The van der Waals surface area contributed by atoms with Gasteiger partial charge in [-0.2, -0.15) is 0 Å². The summed E-state index contributed by atoms with van der Waals surface area (Å²) in [7, 11) is 0. The zero-order chi connectivity index (χ0) is 13.5. The van der Waals surface area contributed by atoms with Gasteiger partial charge in [0.25, 0.3) is 0 Å². The second-order valence-corrected chi connectivity index (χ2v) is 7.01. The Labute approximate surface area is 128 Å². The van der Waals surface area contributed by atoms with E-state index in [1.54, 1.807) is 0 Å². The molecule has 0 heterocycles. The van der Waals surface area contributed by atoms with Crippen LogP contribution in [0.25, 0.3) is 0 Å². The summed E-state index contributed by atoms with van der Waals surface area (Å²) < 4.78 is 0.435. The van der Waals surface area contributed by atoms with Gasteiger partial charge in [-0.15, -0.1) is 0 Å². The van der Waals surface area contributed by atoms with E-state index in [-0.39, 0.29) is 0 Å². The molecule has 0 aromatic rings. The Bertz CT molecular complexity index is 180. The van der Waals surface area contributed by atoms with Crippen LogP contribution < -0.4 is 0 Å². The van der Waals surface area contributed by atoms with Crippen molar-refractivity contribution in [3.05, 3.63) is 0 Å². The minimum atomic E-state index is 0.435. The zero-order valence-electron chi connectivity index (χ0n) is 12.3. The van der Waals surface area contributed by atoms with Crippen LogP contribution in [0.1, 0.15) is 96.8 Å². The van der Waals surface area contributed by atoms with E-state index in [0.717, 1.165) is 35.4 Å². The van der Waals surface area contributed by atoms with Gasteiger partial charge in [-0.05, 0) is 0 Å². The molecule has 0 aromatic carbocycles. The van der Waals surface area contributed by atoms with Crippen molar-refractivity contribution in [2.24, 2.45) is 0 Å². The van der Waals surface area contributed by atoms with Crippen molar-refractivity contribution >= 4 is 26.3 Å². The molecule has 0 atom stereocenters. The molecule has 0 aliphatic carbocycles. The molecule has 0 N–H and O–H groups in total. The van der Waals surface area contributed by atoms with Crippen molar-refractivity contribution in [1.82, 2.24) is 0 Å². The van der Waals surface area contributed by atoms with Gasteiger partial charge in [0.15, 0.2) is 0 Å². The van der Waals surface area contributed by atoms with Crippen LogP contribution >= 0.6 is 0 Å². The van der Waals surface area contributed by atoms with E-state index in [0.29, 0.717) is 3.80 Å². The molecule has 105 valence electrons. The summed E-state index contributed by atoms with van der Waals surface area (Å²) in [4.78, 5) is 10.8. The third-order valence-electron chi connectivity index (χ3n) is 3.51. The monoisotopic (exact) mass is 359 g/mol. The fourth-order valence-electron chi connectivity index (χ4n) is 2.30. The molecule has 18 heavy (non-hydrogen) atoms. The second kappa shape index (κ2) is 15.5. The van der Waals surface area contributed by atoms with Crippen molar-refractivity contribution in [3.63, 3.8) is 0 Å². The number of carbonyl (C=O) groups excluding carboxylic acids is 1. The summed E-state index contributed by atoms with van der Waals surface area (Å²) in [5.74, 6) is 0. The van der Waals surface area contributed by atoms with Crippen LogP contribution in [0.3, 0.4) is 0 Å². The Morgan fingerprint density at radius 1 is 0.667 bits per heavy atom. The molecule has 0 saturated heterocycles. The summed E-state index contributed by atoms with van der Waals surface area (Å²) >= 11 is 1.08. The third kappa shape index (κ3) is 16.5. The van der Waals surface area contributed by atoms with E-state index in [9.17, 15) is 4.79 Å². The van der Waals surface area contributed by atoms with Gasteiger partial charge in [0.2, 0.25) is 0 Å². The average Bonchev–Trinajstić information content (AvgIpc) is 2.34. The quantitative estimate of drug-likeness (QED) is 0.310. The molecule has 0 rings (SSSR count). The minimum absolute atomic E-state index is 0.435. The maximum absolute atomic E-state index is 10.8. The van der Waals surface area contributed by atoms with Crippen LogP contribution in [0.5, 0.6) is 0 Å². The molecule has 0 aromatic heterocycles. The average molecular weight is 358 g/mol. The van der Waals surface area contributed by atoms with Gasteiger partial charge in [-0.25, -0.2) is 0 Å². The Hall–Kier alpha value is 0.469. The third-order valence-corrected chi connectivity index (χ3v) is 4.22. The van der Waals surface area contributed by atoms with E-state index in [4.69, 9.17) is 0 Å². The molecule has 2 heteroatoms. The first-order valence-electron chi connectivity index (χ1n) is 8.01. The van der Waals surface area contributed by atoms with E-state index >= 15 is 0 Å². The van der Waals surface area contributed by atoms with Crippen molar-refractivity contribution in [1.29, 1.82) is 0 Å². The molecule has 0 aliphatic rings. The van der Waals surface area contributed by atoms with Crippen LogP contribution in [0, 0.1) is 0 Å². The first-order valence-corrected chi connectivity index (χ1v) is 9.44. The SMILES string of the molecule is CCCCCCCCCCCCCCC[C](=O)[Sn]. The molecule has 0 unspecified atom stereocenters. The zero-order valence-corrected chi connectivity index (χ0v) is 15.2. The first-order chi connectivity index (χ1) is 8.77. The van der Waals surface area contributed by atoms with Crippen LogP contribution in [0.4, 0.5) is 0 Å². The Kier molecular flexibility index (Phi) is 15.9. The predicted octanol–water partition coefficient (Wildman–Crippen LogP) is 5.16. The standard InChI is InChI=1S/C16H31O.Sn/c1-2-3-4-5-6-7-8-9-10-11-12-13-14-15-16-17;/h2-15H2,1H3;. The summed E-state index contributed by atoms with van der Waals surface area (Å²) in [6, 6.07) is 0. The Balaban J connectivity index is 2.92. The molecule has 0 bridgehead atoms. The number of carbonyl (C=O) groups is 1. The van der Waals surface area contributed by atoms with Crippen LogP contribution in [0.15, 0.2) is 0 Å². The van der Waals surface area contributed by atoms with Crippen molar-refractivity contribution in [3.8, 4) is 0 Å². The van der Waals surface area contributed by atoms with Gasteiger partial charge in [0.05, 0.1) is 0 Å². The van der Waals surface area contributed by atoms with Crippen LogP contribution in [-0.4, -0.2) is 26.3 Å². The topological polar surface area (TPSA) is 17.1 Å². The van der Waals surface area contributed by atoms with Gasteiger partial charge in [-0.1, -0.05) is 26.2 Å². The van der Waals surface area contributed by atoms with E-state index in [1.807, 2.05) is 0 Å². The fraction of sp³-hybridized carbons (Fsp3) is 0.938. The number of rotatable bonds is 14. The molecule has 0 saturated carbocycles. The molecule has 0 spiro atoms. The van der Waals surface area contributed by atoms with Gasteiger partial charge in [0.1, 0.15) is 0 Å². The maximum atomic E-state index is 10.8. The summed E-state index contributed by atoms with van der Waals surface area (Å²) in [5, 5.41) is 0. The molecule has 3 radical (unpaired) electrons. The van der Waals surface area contributed by atoms with E-state index in [1.165, 1.54) is 77.0 Å². The number of hydrogen-bond acceptors (Lipinski definition) is 1. The van der Waals surface area contributed by atoms with Gasteiger partial charge >= 0.3 is 102 Å². The van der Waals surface area contributed by atoms with Crippen molar-refractivity contribution in [2.45, 2.75) is 96.8 Å². The predicted molar refractivity (Wildman–Crippen MR) is 81.1 cm³/mol. The van der Waals surface area contributed by atoms with Gasteiger partial charge < -0.3 is 0 Å². The second-order valence-electron chi connectivity index (χ2n) is 5.42. The van der Waals surface area contributed by atoms with Crippen LogP contribution in [-0.2, 0) is 4.79 Å². The van der Waals surface area contributed by atoms with E-state index < -0.39 is 0 Å². The fourth-order valence-corrected chi connectivity index (χ4v) is 2.81. The van der Waals surface area contributed by atoms with Crippen molar-refractivity contribution < 1.29 is 4.79 Å². The summed E-state index contributed by atoms with van der Waals surface area (Å²) in [6.07, 6.45) is 18.7. The van der Waals surface area contributed by atoms with Gasteiger partial charge in [-0.3, -0.25) is 0 Å². The normalized spacial score (nSPS) is 10.8. The molecule has 0 aliphatic heterocycles.